The van der Waals surface area contributed by atoms with E-state index in [2.05, 4.69) is 9.97 Å². The summed E-state index contributed by atoms with van der Waals surface area (Å²) in [7, 11) is 1.72. The predicted molar refractivity (Wildman–Crippen MR) is 85.0 cm³/mol. The molecule has 1 aliphatic rings. The molecule has 7 nitrogen and oxygen atoms in total. The number of likely N-dealkylation sites (N-methyl/N-ethyl adjacent to an activating group) is 1. The van der Waals surface area contributed by atoms with E-state index in [1.165, 1.54) is 18.6 Å². The lowest BCUT2D eigenvalue weighted by molar-refractivity contribution is 0.0131. The minimum Gasteiger partial charge on any atom is -0.444 e. The Hall–Kier alpha value is -2.18. The minimum absolute atomic E-state index is 0.0563. The highest BCUT2D eigenvalue weighted by Crippen LogP contribution is 2.19. The van der Waals surface area contributed by atoms with Gasteiger partial charge in [-0.25, -0.2) is 9.78 Å². The summed E-state index contributed by atoms with van der Waals surface area (Å²) in [5.74, 6) is -0.152. The van der Waals surface area contributed by atoms with E-state index in [0.717, 1.165) is 12.8 Å². The molecule has 0 radical (unpaired) electrons. The summed E-state index contributed by atoms with van der Waals surface area (Å²) in [6.45, 7) is 6.65. The van der Waals surface area contributed by atoms with Crippen molar-refractivity contribution in [3.63, 3.8) is 0 Å². The number of rotatable bonds is 2. The molecule has 126 valence electrons. The maximum Gasteiger partial charge on any atom is 0.410 e. The number of hydrogen-bond acceptors (Lipinski definition) is 5. The molecule has 0 bridgehead atoms. The largest absolute Gasteiger partial charge is 0.444 e. The Bertz CT molecular complexity index is 556. The molecular weight excluding hydrogens is 296 g/mol. The molecule has 2 heterocycles. The van der Waals surface area contributed by atoms with E-state index in [-0.39, 0.29) is 18.0 Å². The van der Waals surface area contributed by atoms with Crippen molar-refractivity contribution in [2.75, 3.05) is 20.1 Å². The molecule has 1 unspecified atom stereocenters. The van der Waals surface area contributed by atoms with Gasteiger partial charge in [-0.2, -0.15) is 0 Å². The van der Waals surface area contributed by atoms with Crippen LogP contribution in [0.2, 0.25) is 0 Å². The SMILES string of the molecule is CN(C(=O)OC(C)(C)C)C1CCCN(C(=O)c2cnccn2)C1. The number of amides is 2. The van der Waals surface area contributed by atoms with Crippen molar-refractivity contribution < 1.29 is 14.3 Å². The maximum atomic E-state index is 12.5. The van der Waals surface area contributed by atoms with Gasteiger partial charge >= 0.3 is 6.09 Å². The van der Waals surface area contributed by atoms with Gasteiger partial charge in [0, 0.05) is 32.5 Å². The topological polar surface area (TPSA) is 75.6 Å². The average molecular weight is 320 g/mol. The molecule has 1 fully saturated rings. The van der Waals surface area contributed by atoms with Crippen LogP contribution in [0.5, 0.6) is 0 Å². The molecule has 1 atom stereocenters. The summed E-state index contributed by atoms with van der Waals surface area (Å²) in [5, 5.41) is 0. The summed E-state index contributed by atoms with van der Waals surface area (Å²) in [5.41, 5.74) is -0.206. The number of piperidine rings is 1. The van der Waals surface area contributed by atoms with Crippen molar-refractivity contribution in [3.8, 4) is 0 Å². The summed E-state index contributed by atoms with van der Waals surface area (Å²) < 4.78 is 5.39. The molecule has 0 spiro atoms. The first-order chi connectivity index (χ1) is 10.8. The van der Waals surface area contributed by atoms with Crippen LogP contribution in [-0.4, -0.2) is 63.5 Å². The minimum atomic E-state index is -0.533. The zero-order chi connectivity index (χ0) is 17.0. The lowest BCUT2D eigenvalue weighted by Gasteiger charge is -2.37. The number of nitrogens with zero attached hydrogens (tertiary/aromatic N) is 4. The average Bonchev–Trinajstić information content (AvgIpc) is 2.52. The quantitative estimate of drug-likeness (QED) is 0.832. The Kier molecular flexibility index (Phi) is 5.18. The second kappa shape index (κ2) is 6.93. The Morgan fingerprint density at radius 3 is 2.70 bits per heavy atom. The van der Waals surface area contributed by atoms with Crippen LogP contribution in [-0.2, 0) is 4.74 Å². The van der Waals surface area contributed by atoms with E-state index < -0.39 is 5.60 Å². The van der Waals surface area contributed by atoms with Crippen molar-refractivity contribution in [1.82, 2.24) is 19.8 Å². The Morgan fingerprint density at radius 2 is 2.09 bits per heavy atom. The van der Waals surface area contributed by atoms with E-state index in [9.17, 15) is 9.59 Å². The highest BCUT2D eigenvalue weighted by atomic mass is 16.6. The zero-order valence-electron chi connectivity index (χ0n) is 14.2. The van der Waals surface area contributed by atoms with E-state index in [4.69, 9.17) is 4.74 Å². The molecule has 2 rings (SSSR count). The number of carbonyl (C=O) groups is 2. The molecule has 0 aliphatic carbocycles. The number of carbonyl (C=O) groups excluding carboxylic acids is 2. The molecule has 7 heteroatoms. The number of hydrogen-bond donors (Lipinski definition) is 0. The fraction of sp³-hybridized carbons (Fsp3) is 0.625. The van der Waals surface area contributed by atoms with E-state index in [1.54, 1.807) is 16.8 Å². The lowest BCUT2D eigenvalue weighted by Crippen LogP contribution is -2.51. The summed E-state index contributed by atoms with van der Waals surface area (Å²) in [6, 6.07) is -0.0563. The van der Waals surface area contributed by atoms with Crippen molar-refractivity contribution in [2.45, 2.75) is 45.3 Å². The van der Waals surface area contributed by atoms with Crippen LogP contribution in [0.1, 0.15) is 44.1 Å². The Balaban J connectivity index is 2.00. The van der Waals surface area contributed by atoms with E-state index in [0.29, 0.717) is 18.8 Å². The van der Waals surface area contributed by atoms with Crippen molar-refractivity contribution in [1.29, 1.82) is 0 Å². The molecule has 1 aliphatic heterocycles. The molecule has 1 aromatic rings. The molecule has 0 saturated carbocycles. The monoisotopic (exact) mass is 320 g/mol. The predicted octanol–water partition coefficient (Wildman–Crippen LogP) is 1.95. The third-order valence-electron chi connectivity index (χ3n) is 3.70. The van der Waals surface area contributed by atoms with Crippen LogP contribution in [0.15, 0.2) is 18.6 Å². The maximum absolute atomic E-state index is 12.5. The summed E-state index contributed by atoms with van der Waals surface area (Å²) >= 11 is 0. The third-order valence-corrected chi connectivity index (χ3v) is 3.70. The first-order valence-corrected chi connectivity index (χ1v) is 7.79. The van der Waals surface area contributed by atoms with Gasteiger partial charge in [0.05, 0.1) is 12.2 Å². The number of likely N-dealkylation sites (tertiary alicyclic amines) is 1. The normalized spacial score (nSPS) is 18.4. The molecule has 1 aromatic heterocycles. The van der Waals surface area contributed by atoms with Gasteiger partial charge in [0.1, 0.15) is 11.3 Å². The van der Waals surface area contributed by atoms with Gasteiger partial charge < -0.3 is 14.5 Å². The third kappa shape index (κ3) is 4.64. The number of ether oxygens (including phenoxy) is 1. The van der Waals surface area contributed by atoms with Gasteiger partial charge in [-0.15, -0.1) is 0 Å². The van der Waals surface area contributed by atoms with Gasteiger partial charge in [0.25, 0.3) is 5.91 Å². The highest BCUT2D eigenvalue weighted by Gasteiger charge is 2.31. The standard InChI is InChI=1S/C16H24N4O3/c1-16(2,3)23-15(22)19(4)12-6-5-9-20(11-12)14(21)13-10-17-7-8-18-13/h7-8,10,12H,5-6,9,11H2,1-4H3. The van der Waals surface area contributed by atoms with Crippen LogP contribution < -0.4 is 0 Å². The second-order valence-corrected chi connectivity index (χ2v) is 6.73. The summed E-state index contributed by atoms with van der Waals surface area (Å²) in [6.07, 6.45) is 5.82. The van der Waals surface area contributed by atoms with Crippen LogP contribution >= 0.6 is 0 Å². The van der Waals surface area contributed by atoms with Crippen molar-refractivity contribution >= 4 is 12.0 Å². The molecular formula is C16H24N4O3. The van der Waals surface area contributed by atoms with Crippen LogP contribution in [0, 0.1) is 0 Å². The molecule has 1 saturated heterocycles. The van der Waals surface area contributed by atoms with Gasteiger partial charge in [-0.05, 0) is 33.6 Å². The Morgan fingerprint density at radius 1 is 1.35 bits per heavy atom. The highest BCUT2D eigenvalue weighted by molar-refractivity contribution is 5.92. The van der Waals surface area contributed by atoms with Gasteiger partial charge in [0.2, 0.25) is 0 Å². The van der Waals surface area contributed by atoms with Crippen LogP contribution in [0.4, 0.5) is 4.79 Å². The van der Waals surface area contributed by atoms with E-state index >= 15 is 0 Å². The lowest BCUT2D eigenvalue weighted by atomic mass is 10.0. The van der Waals surface area contributed by atoms with Crippen LogP contribution in [0.25, 0.3) is 0 Å². The Labute approximate surface area is 136 Å². The zero-order valence-corrected chi connectivity index (χ0v) is 14.2. The van der Waals surface area contributed by atoms with Crippen molar-refractivity contribution in [2.24, 2.45) is 0 Å². The van der Waals surface area contributed by atoms with Gasteiger partial charge in [-0.3, -0.25) is 9.78 Å². The molecule has 23 heavy (non-hydrogen) atoms. The first-order valence-electron chi connectivity index (χ1n) is 7.79. The van der Waals surface area contributed by atoms with Gasteiger partial charge in [0.15, 0.2) is 0 Å². The smallest absolute Gasteiger partial charge is 0.410 e. The molecule has 2 amide bonds. The fourth-order valence-corrected chi connectivity index (χ4v) is 2.51. The van der Waals surface area contributed by atoms with Gasteiger partial charge in [-0.1, -0.05) is 0 Å². The molecule has 0 N–H and O–H groups in total. The summed E-state index contributed by atoms with van der Waals surface area (Å²) in [4.78, 5) is 35.9. The van der Waals surface area contributed by atoms with Crippen LogP contribution in [0.3, 0.4) is 0 Å². The molecule has 0 aromatic carbocycles. The van der Waals surface area contributed by atoms with E-state index in [1.807, 2.05) is 20.8 Å². The second-order valence-electron chi connectivity index (χ2n) is 6.73. The first kappa shape index (κ1) is 17.2. The van der Waals surface area contributed by atoms with Crippen molar-refractivity contribution in [3.05, 3.63) is 24.3 Å². The fourth-order valence-electron chi connectivity index (χ4n) is 2.51. The number of aromatic nitrogens is 2.